The van der Waals surface area contributed by atoms with Crippen molar-refractivity contribution in [2.75, 3.05) is 5.32 Å². The average Bonchev–Trinajstić information content (AvgIpc) is 2.01. The van der Waals surface area contributed by atoms with Crippen LogP contribution in [0.2, 0.25) is 0 Å². The molecule has 0 amide bonds. The molecule has 0 aliphatic heterocycles. The molecular formula is C11H16N2S. The standard InChI is InChI=1S/C11H16N2S/c1-8-4-3-5-10(6-8)13-9(2)7-11(12)14/h3-6,9,13H,7H2,1-2H3,(H2,12,14). The van der Waals surface area contributed by atoms with E-state index < -0.39 is 0 Å². The zero-order valence-electron chi connectivity index (χ0n) is 8.58. The number of aryl methyl sites for hydroxylation is 1. The van der Waals surface area contributed by atoms with Crippen molar-refractivity contribution in [3.8, 4) is 0 Å². The largest absolute Gasteiger partial charge is 0.393 e. The maximum atomic E-state index is 5.47. The van der Waals surface area contributed by atoms with Crippen LogP contribution in [0, 0.1) is 6.92 Å². The van der Waals surface area contributed by atoms with Crippen LogP contribution in [0.3, 0.4) is 0 Å². The van der Waals surface area contributed by atoms with Gasteiger partial charge in [-0.15, -0.1) is 0 Å². The van der Waals surface area contributed by atoms with E-state index in [4.69, 9.17) is 18.0 Å². The Balaban J connectivity index is 2.55. The van der Waals surface area contributed by atoms with Crippen LogP contribution in [-0.2, 0) is 0 Å². The van der Waals surface area contributed by atoms with Crippen molar-refractivity contribution in [1.29, 1.82) is 0 Å². The Morgan fingerprint density at radius 1 is 1.57 bits per heavy atom. The first-order chi connectivity index (χ1) is 6.58. The van der Waals surface area contributed by atoms with Crippen LogP contribution in [0.4, 0.5) is 5.69 Å². The molecule has 1 aromatic rings. The zero-order valence-corrected chi connectivity index (χ0v) is 9.40. The van der Waals surface area contributed by atoms with Gasteiger partial charge in [0, 0.05) is 18.2 Å². The summed E-state index contributed by atoms with van der Waals surface area (Å²) in [5.74, 6) is 0. The summed E-state index contributed by atoms with van der Waals surface area (Å²) in [7, 11) is 0. The molecule has 0 saturated carbocycles. The van der Waals surface area contributed by atoms with Gasteiger partial charge >= 0.3 is 0 Å². The number of hydrogen-bond donors (Lipinski definition) is 2. The molecule has 1 aromatic carbocycles. The molecule has 0 spiro atoms. The summed E-state index contributed by atoms with van der Waals surface area (Å²) >= 11 is 4.85. The summed E-state index contributed by atoms with van der Waals surface area (Å²) in [6.07, 6.45) is 0.725. The number of hydrogen-bond acceptors (Lipinski definition) is 2. The number of thiocarbonyl (C=S) groups is 1. The highest BCUT2D eigenvalue weighted by atomic mass is 32.1. The second kappa shape index (κ2) is 4.96. The van der Waals surface area contributed by atoms with Gasteiger partial charge in [-0.05, 0) is 31.5 Å². The van der Waals surface area contributed by atoms with Crippen LogP contribution in [-0.4, -0.2) is 11.0 Å². The lowest BCUT2D eigenvalue weighted by Crippen LogP contribution is -2.22. The van der Waals surface area contributed by atoms with Gasteiger partial charge in [0.2, 0.25) is 0 Å². The first-order valence-electron chi connectivity index (χ1n) is 4.69. The number of nitrogens with two attached hydrogens (primary N) is 1. The minimum absolute atomic E-state index is 0.286. The molecule has 1 rings (SSSR count). The molecule has 3 N–H and O–H groups in total. The van der Waals surface area contributed by atoms with Crippen molar-refractivity contribution in [1.82, 2.24) is 0 Å². The van der Waals surface area contributed by atoms with E-state index in [1.54, 1.807) is 0 Å². The van der Waals surface area contributed by atoms with E-state index in [2.05, 4.69) is 31.3 Å². The third kappa shape index (κ3) is 3.75. The highest BCUT2D eigenvalue weighted by molar-refractivity contribution is 7.80. The molecule has 1 atom stereocenters. The number of nitrogens with one attached hydrogen (secondary N) is 1. The van der Waals surface area contributed by atoms with Crippen LogP contribution in [0.25, 0.3) is 0 Å². The fraction of sp³-hybridized carbons (Fsp3) is 0.364. The minimum atomic E-state index is 0.286. The van der Waals surface area contributed by atoms with Gasteiger partial charge in [0.1, 0.15) is 0 Å². The third-order valence-electron chi connectivity index (χ3n) is 1.94. The highest BCUT2D eigenvalue weighted by Gasteiger charge is 2.02. The van der Waals surface area contributed by atoms with E-state index in [0.717, 1.165) is 12.1 Å². The molecule has 1 unspecified atom stereocenters. The summed E-state index contributed by atoms with van der Waals surface area (Å²) in [4.78, 5) is 0.553. The fourth-order valence-electron chi connectivity index (χ4n) is 1.37. The Morgan fingerprint density at radius 3 is 2.86 bits per heavy atom. The molecule has 0 bridgehead atoms. The first kappa shape index (κ1) is 11.0. The van der Waals surface area contributed by atoms with Crippen molar-refractivity contribution in [3.05, 3.63) is 29.8 Å². The SMILES string of the molecule is Cc1cccc(NC(C)CC(N)=S)c1. The van der Waals surface area contributed by atoms with E-state index in [1.165, 1.54) is 5.56 Å². The Hall–Kier alpha value is -1.09. The Labute approximate surface area is 90.5 Å². The van der Waals surface area contributed by atoms with E-state index in [-0.39, 0.29) is 6.04 Å². The Kier molecular flexibility index (Phi) is 3.89. The average molecular weight is 208 g/mol. The molecule has 0 fully saturated rings. The van der Waals surface area contributed by atoms with Gasteiger partial charge in [0.25, 0.3) is 0 Å². The monoisotopic (exact) mass is 208 g/mol. The molecule has 76 valence electrons. The highest BCUT2D eigenvalue weighted by Crippen LogP contribution is 2.11. The van der Waals surface area contributed by atoms with Crippen molar-refractivity contribution >= 4 is 22.9 Å². The molecule has 3 heteroatoms. The number of rotatable bonds is 4. The quantitative estimate of drug-likeness (QED) is 0.747. The van der Waals surface area contributed by atoms with Crippen LogP contribution >= 0.6 is 12.2 Å². The van der Waals surface area contributed by atoms with Crippen molar-refractivity contribution in [2.24, 2.45) is 5.73 Å². The summed E-state index contributed by atoms with van der Waals surface area (Å²) in [5, 5.41) is 3.35. The lowest BCUT2D eigenvalue weighted by molar-refractivity contribution is 0.839. The molecule has 0 radical (unpaired) electrons. The van der Waals surface area contributed by atoms with Crippen molar-refractivity contribution in [2.45, 2.75) is 26.3 Å². The normalized spacial score (nSPS) is 12.1. The first-order valence-corrected chi connectivity index (χ1v) is 5.10. The zero-order chi connectivity index (χ0) is 10.6. The third-order valence-corrected chi connectivity index (χ3v) is 2.11. The van der Waals surface area contributed by atoms with Crippen LogP contribution < -0.4 is 11.1 Å². The molecule has 0 aliphatic rings. The number of benzene rings is 1. The van der Waals surface area contributed by atoms with E-state index in [0.29, 0.717) is 4.99 Å². The van der Waals surface area contributed by atoms with Gasteiger partial charge < -0.3 is 11.1 Å². The summed E-state index contributed by atoms with van der Waals surface area (Å²) < 4.78 is 0. The van der Waals surface area contributed by atoms with Gasteiger partial charge in [-0.2, -0.15) is 0 Å². The lowest BCUT2D eigenvalue weighted by atomic mass is 10.2. The maximum absolute atomic E-state index is 5.47. The molecule has 0 aliphatic carbocycles. The van der Waals surface area contributed by atoms with Gasteiger partial charge in [-0.3, -0.25) is 0 Å². The lowest BCUT2D eigenvalue weighted by Gasteiger charge is -2.14. The topological polar surface area (TPSA) is 38.0 Å². The second-order valence-corrected chi connectivity index (χ2v) is 4.11. The van der Waals surface area contributed by atoms with E-state index >= 15 is 0 Å². The second-order valence-electron chi connectivity index (χ2n) is 3.59. The predicted molar refractivity (Wildman–Crippen MR) is 65.7 cm³/mol. The summed E-state index contributed by atoms with van der Waals surface area (Å²) in [6.45, 7) is 4.14. The van der Waals surface area contributed by atoms with Crippen molar-refractivity contribution in [3.63, 3.8) is 0 Å². The van der Waals surface area contributed by atoms with Crippen LogP contribution in [0.5, 0.6) is 0 Å². The molecule has 0 heterocycles. The van der Waals surface area contributed by atoms with Crippen LogP contribution in [0.1, 0.15) is 18.9 Å². The minimum Gasteiger partial charge on any atom is -0.393 e. The molecule has 0 saturated heterocycles. The Morgan fingerprint density at radius 2 is 2.29 bits per heavy atom. The Bertz CT molecular complexity index is 323. The predicted octanol–water partition coefficient (Wildman–Crippen LogP) is 2.47. The summed E-state index contributed by atoms with van der Waals surface area (Å²) in [5.41, 5.74) is 7.84. The van der Waals surface area contributed by atoms with Crippen LogP contribution in [0.15, 0.2) is 24.3 Å². The van der Waals surface area contributed by atoms with E-state index in [9.17, 15) is 0 Å². The molecule has 14 heavy (non-hydrogen) atoms. The van der Waals surface area contributed by atoms with Gasteiger partial charge in [-0.1, -0.05) is 24.4 Å². The van der Waals surface area contributed by atoms with Crippen molar-refractivity contribution < 1.29 is 0 Å². The molecule has 0 aromatic heterocycles. The number of anilines is 1. The van der Waals surface area contributed by atoms with E-state index in [1.807, 2.05) is 12.1 Å². The summed E-state index contributed by atoms with van der Waals surface area (Å²) in [6, 6.07) is 8.54. The smallest absolute Gasteiger partial charge is 0.0747 e. The van der Waals surface area contributed by atoms with Gasteiger partial charge in [-0.25, -0.2) is 0 Å². The van der Waals surface area contributed by atoms with Gasteiger partial charge in [0.15, 0.2) is 0 Å². The van der Waals surface area contributed by atoms with Gasteiger partial charge in [0.05, 0.1) is 4.99 Å². The molecular weight excluding hydrogens is 192 g/mol. The molecule has 2 nitrogen and oxygen atoms in total. The fourth-order valence-corrected chi connectivity index (χ4v) is 1.62. The maximum Gasteiger partial charge on any atom is 0.0747 e.